The Labute approximate surface area is 173 Å². The molecule has 0 atom stereocenters. The molecule has 13 heteroatoms. The number of nitrogens with one attached hydrogen (secondary N) is 2. The van der Waals surface area contributed by atoms with E-state index >= 15 is 0 Å². The van der Waals surface area contributed by atoms with Gasteiger partial charge in [0.2, 0.25) is 0 Å². The van der Waals surface area contributed by atoms with E-state index in [9.17, 15) is 44.3 Å². The summed E-state index contributed by atoms with van der Waals surface area (Å²) in [6.45, 7) is 0. The fourth-order valence-corrected chi connectivity index (χ4v) is 2.37. The predicted octanol–water partition coefficient (Wildman–Crippen LogP) is 6.20. The van der Waals surface area contributed by atoms with Crippen LogP contribution in [0.5, 0.6) is 0 Å². The van der Waals surface area contributed by atoms with Crippen LogP contribution in [0, 0.1) is 11.3 Å². The first-order valence-corrected chi connectivity index (χ1v) is 8.27. The van der Waals surface area contributed by atoms with Crippen molar-refractivity contribution in [3.63, 3.8) is 0 Å². The van der Waals surface area contributed by atoms with Crippen LogP contribution in [0.1, 0.15) is 16.7 Å². The maximum Gasteiger partial charge on any atom is 0.418 e. The Kier molecular flexibility index (Phi) is 6.77. The Hall–Kier alpha value is -3.69. The van der Waals surface area contributed by atoms with Crippen molar-refractivity contribution in [2.45, 2.75) is 18.5 Å². The average molecular weight is 467 g/mol. The number of hydrogen-bond donors (Lipinski definition) is 2. The van der Waals surface area contributed by atoms with Crippen molar-refractivity contribution in [3.8, 4) is 6.07 Å². The molecule has 2 aromatic rings. The largest absolute Gasteiger partial charge is 0.418 e. The van der Waals surface area contributed by atoms with E-state index in [0.29, 0.717) is 24.4 Å². The molecule has 2 rings (SSSR count). The van der Waals surface area contributed by atoms with Gasteiger partial charge in [-0.3, -0.25) is 4.79 Å². The minimum Gasteiger partial charge on any atom is -0.360 e. The quantitative estimate of drug-likeness (QED) is 0.320. The molecular formula is C19H10F9N3O. The van der Waals surface area contributed by atoms with Gasteiger partial charge in [0, 0.05) is 11.9 Å². The van der Waals surface area contributed by atoms with Crippen LogP contribution in [0.4, 0.5) is 50.9 Å². The molecule has 2 N–H and O–H groups in total. The number of amides is 1. The second-order valence-electron chi connectivity index (χ2n) is 6.11. The lowest BCUT2D eigenvalue weighted by atomic mass is 10.1. The molecule has 0 heterocycles. The van der Waals surface area contributed by atoms with Gasteiger partial charge in [-0.2, -0.15) is 44.8 Å². The maximum atomic E-state index is 13.0. The zero-order valence-corrected chi connectivity index (χ0v) is 15.4. The van der Waals surface area contributed by atoms with Crippen LogP contribution in [-0.4, -0.2) is 5.91 Å². The lowest BCUT2D eigenvalue weighted by Crippen LogP contribution is -2.18. The van der Waals surface area contributed by atoms with Gasteiger partial charge in [-0.15, -0.1) is 0 Å². The summed E-state index contributed by atoms with van der Waals surface area (Å²) in [6, 6.07) is 5.55. The normalized spacial score (nSPS) is 12.8. The summed E-state index contributed by atoms with van der Waals surface area (Å²) < 4.78 is 116. The van der Waals surface area contributed by atoms with Crippen LogP contribution in [0.3, 0.4) is 0 Å². The molecule has 0 saturated carbocycles. The van der Waals surface area contributed by atoms with Crippen LogP contribution in [0.15, 0.2) is 54.2 Å². The van der Waals surface area contributed by atoms with Gasteiger partial charge >= 0.3 is 18.5 Å². The van der Waals surface area contributed by atoms with E-state index in [4.69, 9.17) is 5.26 Å². The van der Waals surface area contributed by atoms with Crippen LogP contribution in [0.25, 0.3) is 0 Å². The molecule has 0 radical (unpaired) electrons. The first-order chi connectivity index (χ1) is 14.6. The monoisotopic (exact) mass is 467 g/mol. The molecule has 0 unspecified atom stereocenters. The summed E-state index contributed by atoms with van der Waals surface area (Å²) >= 11 is 0. The van der Waals surface area contributed by atoms with Gasteiger partial charge in [0.15, 0.2) is 0 Å². The highest BCUT2D eigenvalue weighted by molar-refractivity contribution is 6.07. The summed E-state index contributed by atoms with van der Waals surface area (Å²) in [5, 5.41) is 12.8. The molecule has 170 valence electrons. The second-order valence-corrected chi connectivity index (χ2v) is 6.11. The van der Waals surface area contributed by atoms with Crippen LogP contribution >= 0.6 is 0 Å². The number of benzene rings is 2. The number of nitriles is 1. The molecule has 0 aliphatic carbocycles. The van der Waals surface area contributed by atoms with E-state index in [-0.39, 0.29) is 6.07 Å². The molecule has 0 spiro atoms. The molecule has 1 amide bonds. The van der Waals surface area contributed by atoms with Crippen molar-refractivity contribution in [2.24, 2.45) is 0 Å². The molecule has 0 bridgehead atoms. The van der Waals surface area contributed by atoms with Crippen LogP contribution in [-0.2, 0) is 23.3 Å². The van der Waals surface area contributed by atoms with E-state index < -0.39 is 58.1 Å². The summed E-state index contributed by atoms with van der Waals surface area (Å²) in [5.74, 6) is -1.38. The number of halogens is 9. The van der Waals surface area contributed by atoms with Crippen LogP contribution in [0.2, 0.25) is 0 Å². The van der Waals surface area contributed by atoms with Crippen molar-refractivity contribution >= 4 is 17.3 Å². The smallest absolute Gasteiger partial charge is 0.360 e. The van der Waals surface area contributed by atoms with Gasteiger partial charge in [-0.25, -0.2) is 0 Å². The highest BCUT2D eigenvalue weighted by atomic mass is 19.4. The number of carbonyl (C=O) groups is 1. The van der Waals surface area contributed by atoms with E-state index in [2.05, 4.69) is 0 Å². The van der Waals surface area contributed by atoms with Crippen molar-refractivity contribution in [1.82, 2.24) is 0 Å². The van der Waals surface area contributed by atoms with E-state index in [1.807, 2.05) is 10.6 Å². The zero-order valence-electron chi connectivity index (χ0n) is 15.4. The van der Waals surface area contributed by atoms with E-state index in [0.717, 1.165) is 12.1 Å². The Morgan fingerprint density at radius 1 is 0.844 bits per heavy atom. The van der Waals surface area contributed by atoms with Crippen molar-refractivity contribution in [3.05, 3.63) is 70.9 Å². The number of carbonyl (C=O) groups excluding carboxylic acids is 1. The minimum absolute atomic E-state index is 0.124. The third-order valence-corrected chi connectivity index (χ3v) is 3.82. The molecule has 4 nitrogen and oxygen atoms in total. The molecule has 0 aliphatic rings. The molecular weight excluding hydrogens is 457 g/mol. The van der Waals surface area contributed by atoms with Gasteiger partial charge in [0.05, 0.1) is 22.4 Å². The number of hydrogen-bond acceptors (Lipinski definition) is 3. The van der Waals surface area contributed by atoms with E-state index in [1.54, 1.807) is 0 Å². The van der Waals surface area contributed by atoms with Crippen molar-refractivity contribution in [2.75, 3.05) is 10.6 Å². The topological polar surface area (TPSA) is 64.9 Å². The predicted molar refractivity (Wildman–Crippen MR) is 93.8 cm³/mol. The highest BCUT2D eigenvalue weighted by Gasteiger charge is 2.37. The third kappa shape index (κ3) is 6.16. The number of para-hydroxylation sites is 1. The van der Waals surface area contributed by atoms with E-state index in [1.165, 1.54) is 12.1 Å². The summed E-state index contributed by atoms with van der Waals surface area (Å²) in [7, 11) is 0. The third-order valence-electron chi connectivity index (χ3n) is 3.82. The first-order valence-electron chi connectivity index (χ1n) is 8.27. The number of anilines is 2. The van der Waals surface area contributed by atoms with Crippen LogP contribution < -0.4 is 10.6 Å². The zero-order chi connectivity index (χ0) is 24.3. The van der Waals surface area contributed by atoms with Gasteiger partial charge in [-0.1, -0.05) is 12.1 Å². The summed E-state index contributed by atoms with van der Waals surface area (Å²) in [5.41, 5.74) is -6.90. The van der Waals surface area contributed by atoms with Gasteiger partial charge < -0.3 is 10.6 Å². The standard InChI is InChI=1S/C19H10F9N3O/c20-17(21,22)11-5-12(18(23,24)25)7-13(6-11)30-9-10(8-29)16(32)31-15-4-2-1-3-14(15)19(26,27)28/h1-7,9,30H,(H,31,32)/b10-9-. The molecule has 0 aliphatic heterocycles. The number of rotatable bonds is 4. The van der Waals surface area contributed by atoms with Crippen molar-refractivity contribution < 1.29 is 44.3 Å². The summed E-state index contributed by atoms with van der Waals surface area (Å²) in [4.78, 5) is 12.1. The molecule has 0 saturated heterocycles. The van der Waals surface area contributed by atoms with Gasteiger partial charge in [0.25, 0.3) is 5.91 Å². The Bertz CT molecular complexity index is 1040. The van der Waals surface area contributed by atoms with Crippen molar-refractivity contribution in [1.29, 1.82) is 5.26 Å². The second kappa shape index (κ2) is 8.81. The molecule has 0 aromatic heterocycles. The first kappa shape index (κ1) is 24.6. The SMILES string of the molecule is N#C/C(=C/Nc1cc(C(F)(F)F)cc(C(F)(F)F)c1)C(=O)Nc1ccccc1C(F)(F)F. The minimum atomic E-state index is -5.13. The lowest BCUT2D eigenvalue weighted by molar-refractivity contribution is -0.143. The lowest BCUT2D eigenvalue weighted by Gasteiger charge is -2.14. The summed E-state index contributed by atoms with van der Waals surface area (Å²) in [6.07, 6.45) is -14.6. The average Bonchev–Trinajstić information content (AvgIpc) is 2.66. The molecule has 2 aromatic carbocycles. The Morgan fingerprint density at radius 3 is 1.84 bits per heavy atom. The Balaban J connectivity index is 2.35. The maximum absolute atomic E-state index is 13.0. The molecule has 32 heavy (non-hydrogen) atoms. The number of nitrogens with zero attached hydrogens (tertiary/aromatic N) is 1. The van der Waals surface area contributed by atoms with Gasteiger partial charge in [0.1, 0.15) is 11.6 Å². The fraction of sp³-hybridized carbons (Fsp3) is 0.158. The Morgan fingerprint density at radius 2 is 1.38 bits per heavy atom. The number of alkyl halides is 9. The fourth-order valence-electron chi connectivity index (χ4n) is 2.37. The molecule has 0 fully saturated rings. The highest BCUT2D eigenvalue weighted by Crippen LogP contribution is 2.38. The van der Waals surface area contributed by atoms with Gasteiger partial charge in [-0.05, 0) is 30.3 Å².